The van der Waals surface area contributed by atoms with Crippen LogP contribution in [0.5, 0.6) is 0 Å². The molecule has 1 heterocycles. The molecule has 3 heteroatoms. The first kappa shape index (κ1) is 11.4. The number of aromatic nitrogens is 1. The van der Waals surface area contributed by atoms with Crippen molar-refractivity contribution in [3.63, 3.8) is 0 Å². The monoisotopic (exact) mass is 187 g/mol. The van der Waals surface area contributed by atoms with Gasteiger partial charge in [0, 0.05) is 18.7 Å². The lowest BCUT2D eigenvalue weighted by Crippen LogP contribution is -1.93. The number of hydrogen-bond acceptors (Lipinski definition) is 2. The Kier molecular flexibility index (Phi) is 6.72. The first-order chi connectivity index (χ1) is 5.83. The molecule has 0 aliphatic rings. The van der Waals surface area contributed by atoms with E-state index >= 15 is 0 Å². The molecule has 0 unspecified atom stereocenters. The van der Waals surface area contributed by atoms with Gasteiger partial charge in [-0.1, -0.05) is 31.5 Å². The molecule has 0 spiro atoms. The Hall–Kier alpha value is -0.600. The van der Waals surface area contributed by atoms with E-state index in [0.717, 1.165) is 5.69 Å². The van der Waals surface area contributed by atoms with Gasteiger partial charge in [-0.25, -0.2) is 4.98 Å². The second-order valence-corrected chi connectivity index (χ2v) is 2.31. The van der Waals surface area contributed by atoms with Crippen molar-refractivity contribution in [3.05, 3.63) is 29.0 Å². The van der Waals surface area contributed by atoms with E-state index in [-0.39, 0.29) is 6.61 Å². The smallest absolute Gasteiger partial charge is 0.129 e. The predicted octanol–water partition coefficient (Wildman–Crippen LogP) is 2.30. The summed E-state index contributed by atoms with van der Waals surface area (Å²) in [6, 6.07) is 5.37. The summed E-state index contributed by atoms with van der Waals surface area (Å²) >= 11 is 5.59. The molecule has 1 rings (SSSR count). The fourth-order valence-corrected chi connectivity index (χ4v) is 0.885. The van der Waals surface area contributed by atoms with Crippen molar-refractivity contribution in [2.75, 3.05) is 6.61 Å². The molecule has 0 saturated carbocycles. The molecule has 12 heavy (non-hydrogen) atoms. The van der Waals surface area contributed by atoms with Gasteiger partial charge in [0.2, 0.25) is 0 Å². The van der Waals surface area contributed by atoms with Gasteiger partial charge in [0.25, 0.3) is 0 Å². The van der Waals surface area contributed by atoms with Crippen molar-refractivity contribution >= 4 is 11.6 Å². The van der Waals surface area contributed by atoms with E-state index in [0.29, 0.717) is 11.6 Å². The van der Waals surface area contributed by atoms with Crippen molar-refractivity contribution in [1.82, 2.24) is 4.98 Å². The first-order valence-corrected chi connectivity index (χ1v) is 4.43. The molecule has 0 aliphatic heterocycles. The third-order valence-corrected chi connectivity index (χ3v) is 1.35. The standard InChI is InChI=1S/C7H8ClNO.C2H6/c8-7-3-1-2-6(9-7)4-5-10;1-2/h1-3,10H,4-5H2;1-2H3. The van der Waals surface area contributed by atoms with E-state index in [4.69, 9.17) is 16.7 Å². The van der Waals surface area contributed by atoms with E-state index in [1.54, 1.807) is 6.07 Å². The third-order valence-electron chi connectivity index (χ3n) is 1.14. The molecule has 1 aromatic heterocycles. The normalized spacial score (nSPS) is 8.67. The summed E-state index contributed by atoms with van der Waals surface area (Å²) in [6.45, 7) is 4.12. The zero-order valence-electron chi connectivity index (χ0n) is 7.42. The molecule has 0 aromatic carbocycles. The highest BCUT2D eigenvalue weighted by Gasteiger charge is 1.92. The molecular weight excluding hydrogens is 174 g/mol. The summed E-state index contributed by atoms with van der Waals surface area (Å²) in [5.41, 5.74) is 0.829. The number of rotatable bonds is 2. The van der Waals surface area contributed by atoms with Crippen molar-refractivity contribution in [1.29, 1.82) is 0 Å². The number of aliphatic hydroxyl groups is 1. The van der Waals surface area contributed by atoms with Crippen LogP contribution in [0, 0.1) is 0 Å². The molecule has 0 saturated heterocycles. The van der Waals surface area contributed by atoms with Crippen LogP contribution >= 0.6 is 11.6 Å². The summed E-state index contributed by atoms with van der Waals surface area (Å²) in [7, 11) is 0. The summed E-state index contributed by atoms with van der Waals surface area (Å²) < 4.78 is 0. The molecular formula is C9H14ClNO. The van der Waals surface area contributed by atoms with Gasteiger partial charge in [0.15, 0.2) is 0 Å². The summed E-state index contributed by atoms with van der Waals surface area (Å²) in [5, 5.41) is 9.01. The van der Waals surface area contributed by atoms with Crippen molar-refractivity contribution < 1.29 is 5.11 Å². The van der Waals surface area contributed by atoms with E-state index in [1.165, 1.54) is 0 Å². The second-order valence-electron chi connectivity index (χ2n) is 1.93. The van der Waals surface area contributed by atoms with Crippen LogP contribution in [0.2, 0.25) is 5.15 Å². The molecule has 0 aliphatic carbocycles. The zero-order valence-corrected chi connectivity index (χ0v) is 8.17. The van der Waals surface area contributed by atoms with Gasteiger partial charge in [-0.3, -0.25) is 0 Å². The van der Waals surface area contributed by atoms with Crippen molar-refractivity contribution in [2.45, 2.75) is 20.3 Å². The van der Waals surface area contributed by atoms with Crippen LogP contribution in [0.15, 0.2) is 18.2 Å². The maximum atomic E-state index is 8.53. The maximum Gasteiger partial charge on any atom is 0.129 e. The Balaban J connectivity index is 0.000000561. The molecule has 0 amide bonds. The van der Waals surface area contributed by atoms with Crippen LogP contribution in [-0.4, -0.2) is 16.7 Å². The van der Waals surface area contributed by atoms with Crippen LogP contribution in [0.1, 0.15) is 19.5 Å². The first-order valence-electron chi connectivity index (χ1n) is 4.05. The maximum absolute atomic E-state index is 8.53. The number of hydrogen-bond donors (Lipinski definition) is 1. The number of pyridine rings is 1. The lowest BCUT2D eigenvalue weighted by atomic mass is 10.3. The minimum absolute atomic E-state index is 0.118. The van der Waals surface area contributed by atoms with E-state index in [1.807, 2.05) is 26.0 Å². The van der Waals surface area contributed by atoms with Gasteiger partial charge in [-0.2, -0.15) is 0 Å². The number of nitrogens with zero attached hydrogens (tertiary/aromatic N) is 1. The van der Waals surface area contributed by atoms with Crippen LogP contribution in [0.25, 0.3) is 0 Å². The van der Waals surface area contributed by atoms with E-state index < -0.39 is 0 Å². The lowest BCUT2D eigenvalue weighted by molar-refractivity contribution is 0.298. The molecule has 0 atom stereocenters. The summed E-state index contributed by atoms with van der Waals surface area (Å²) in [6.07, 6.45) is 0.570. The molecule has 0 radical (unpaired) electrons. The average Bonchev–Trinajstić information content (AvgIpc) is 2.09. The van der Waals surface area contributed by atoms with Gasteiger partial charge in [-0.05, 0) is 12.1 Å². The Morgan fingerprint density at radius 2 is 2.08 bits per heavy atom. The minimum Gasteiger partial charge on any atom is -0.396 e. The minimum atomic E-state index is 0.118. The average molecular weight is 188 g/mol. The van der Waals surface area contributed by atoms with Gasteiger partial charge in [0.05, 0.1) is 0 Å². The van der Waals surface area contributed by atoms with Crippen LogP contribution in [0.4, 0.5) is 0 Å². The Bertz CT molecular complexity index is 215. The van der Waals surface area contributed by atoms with Crippen molar-refractivity contribution in [2.24, 2.45) is 0 Å². The molecule has 2 nitrogen and oxygen atoms in total. The number of aliphatic hydroxyl groups excluding tert-OH is 1. The fourth-order valence-electron chi connectivity index (χ4n) is 0.704. The molecule has 0 fully saturated rings. The van der Waals surface area contributed by atoms with Crippen LogP contribution < -0.4 is 0 Å². The topological polar surface area (TPSA) is 33.1 Å². The Labute approximate surface area is 78.2 Å². The van der Waals surface area contributed by atoms with E-state index in [2.05, 4.69) is 4.98 Å². The zero-order chi connectivity index (χ0) is 9.40. The van der Waals surface area contributed by atoms with E-state index in [9.17, 15) is 0 Å². The highest BCUT2D eigenvalue weighted by molar-refractivity contribution is 6.29. The largest absolute Gasteiger partial charge is 0.396 e. The Morgan fingerprint density at radius 3 is 2.58 bits per heavy atom. The fraction of sp³-hybridized carbons (Fsp3) is 0.444. The SMILES string of the molecule is CC.OCCc1cccc(Cl)n1. The molecule has 1 N–H and O–H groups in total. The highest BCUT2D eigenvalue weighted by atomic mass is 35.5. The Morgan fingerprint density at radius 1 is 1.42 bits per heavy atom. The van der Waals surface area contributed by atoms with Gasteiger partial charge in [-0.15, -0.1) is 0 Å². The molecule has 0 bridgehead atoms. The molecule has 68 valence electrons. The second kappa shape index (κ2) is 7.07. The lowest BCUT2D eigenvalue weighted by Gasteiger charge is -1.95. The van der Waals surface area contributed by atoms with Gasteiger partial charge < -0.3 is 5.11 Å². The van der Waals surface area contributed by atoms with Gasteiger partial charge >= 0.3 is 0 Å². The van der Waals surface area contributed by atoms with Crippen molar-refractivity contribution in [3.8, 4) is 0 Å². The van der Waals surface area contributed by atoms with Gasteiger partial charge in [0.1, 0.15) is 5.15 Å². The highest BCUT2D eigenvalue weighted by Crippen LogP contribution is 2.04. The van der Waals surface area contributed by atoms with Crippen LogP contribution in [-0.2, 0) is 6.42 Å². The summed E-state index contributed by atoms with van der Waals surface area (Å²) in [4.78, 5) is 3.97. The number of halogens is 1. The predicted molar refractivity (Wildman–Crippen MR) is 51.4 cm³/mol. The quantitative estimate of drug-likeness (QED) is 0.721. The van der Waals surface area contributed by atoms with Crippen LogP contribution in [0.3, 0.4) is 0 Å². The molecule has 1 aromatic rings. The summed E-state index contributed by atoms with van der Waals surface area (Å²) in [5.74, 6) is 0. The third kappa shape index (κ3) is 4.31.